The van der Waals surface area contributed by atoms with Gasteiger partial charge in [-0.3, -0.25) is 19.7 Å². The summed E-state index contributed by atoms with van der Waals surface area (Å²) in [5.74, 6) is -1.30. The molecule has 0 aromatic heterocycles. The molecule has 0 saturated carbocycles. The van der Waals surface area contributed by atoms with Crippen molar-refractivity contribution < 1.29 is 19.5 Å². The molecule has 1 aliphatic rings. The van der Waals surface area contributed by atoms with E-state index >= 15 is 0 Å². The molecule has 0 aromatic rings. The van der Waals surface area contributed by atoms with Crippen LogP contribution in [0.1, 0.15) is 12.8 Å². The van der Waals surface area contributed by atoms with Crippen molar-refractivity contribution in [1.82, 2.24) is 15.1 Å². The van der Waals surface area contributed by atoms with Gasteiger partial charge in [0.25, 0.3) is 0 Å². The van der Waals surface area contributed by atoms with E-state index in [0.29, 0.717) is 25.9 Å². The third-order valence-electron chi connectivity index (χ3n) is 3.25. The molecule has 1 fully saturated rings. The normalized spacial score (nSPS) is 16.2. The summed E-state index contributed by atoms with van der Waals surface area (Å²) in [6.07, 6.45) is 0.995. The molecule has 0 spiro atoms. The second kappa shape index (κ2) is 7.08. The second-order valence-electron chi connectivity index (χ2n) is 4.89. The van der Waals surface area contributed by atoms with E-state index in [0.717, 1.165) is 0 Å². The van der Waals surface area contributed by atoms with Crippen molar-refractivity contribution in [2.75, 3.05) is 40.3 Å². The maximum absolute atomic E-state index is 11.8. The number of amides is 2. The Balaban J connectivity index is 2.24. The summed E-state index contributed by atoms with van der Waals surface area (Å²) in [6, 6.07) is 0. The van der Waals surface area contributed by atoms with Gasteiger partial charge in [0.05, 0.1) is 19.0 Å². The molecule has 2 N–H and O–H groups in total. The number of hydrogen-bond acceptors (Lipinski definition) is 4. The number of carbonyl (C=O) groups is 3. The molecule has 0 aromatic carbocycles. The van der Waals surface area contributed by atoms with Gasteiger partial charge < -0.3 is 14.9 Å². The summed E-state index contributed by atoms with van der Waals surface area (Å²) in [6.45, 7) is 1.18. The first-order chi connectivity index (χ1) is 8.91. The smallest absolute Gasteiger partial charge is 0.306 e. The number of hydrogen-bond donors (Lipinski definition) is 2. The molecule has 7 heteroatoms. The van der Waals surface area contributed by atoms with E-state index in [4.69, 9.17) is 5.11 Å². The topological polar surface area (TPSA) is 90.0 Å². The largest absolute Gasteiger partial charge is 0.481 e. The third-order valence-corrected chi connectivity index (χ3v) is 3.25. The van der Waals surface area contributed by atoms with Crippen molar-refractivity contribution in [3.8, 4) is 0 Å². The highest BCUT2D eigenvalue weighted by Crippen LogP contribution is 2.16. The highest BCUT2D eigenvalue weighted by molar-refractivity contribution is 5.81. The average Bonchev–Trinajstić information content (AvgIpc) is 2.38. The highest BCUT2D eigenvalue weighted by atomic mass is 16.4. The number of carbonyl (C=O) groups excluding carboxylic acids is 2. The van der Waals surface area contributed by atoms with Gasteiger partial charge in [-0.2, -0.15) is 0 Å². The van der Waals surface area contributed by atoms with Crippen molar-refractivity contribution in [1.29, 1.82) is 0 Å². The summed E-state index contributed by atoms with van der Waals surface area (Å²) in [4.78, 5) is 37.0. The maximum Gasteiger partial charge on any atom is 0.306 e. The van der Waals surface area contributed by atoms with Crippen LogP contribution in [0.4, 0.5) is 0 Å². The summed E-state index contributed by atoms with van der Waals surface area (Å²) in [5.41, 5.74) is 0. The van der Waals surface area contributed by atoms with E-state index in [-0.39, 0.29) is 30.8 Å². The molecule has 1 saturated heterocycles. The number of likely N-dealkylation sites (tertiary alicyclic amines) is 1. The Morgan fingerprint density at radius 3 is 2.26 bits per heavy atom. The molecule has 19 heavy (non-hydrogen) atoms. The first kappa shape index (κ1) is 15.4. The first-order valence-electron chi connectivity index (χ1n) is 6.33. The Kier molecular flexibility index (Phi) is 5.75. The minimum Gasteiger partial charge on any atom is -0.481 e. The lowest BCUT2D eigenvalue weighted by molar-refractivity contribution is -0.145. The molecule has 0 unspecified atom stereocenters. The van der Waals surface area contributed by atoms with Crippen LogP contribution in [-0.2, 0) is 14.4 Å². The molecule has 7 nitrogen and oxygen atoms in total. The van der Waals surface area contributed by atoms with E-state index in [1.54, 1.807) is 19.0 Å². The molecule has 0 radical (unpaired) electrons. The third kappa shape index (κ3) is 4.86. The summed E-state index contributed by atoms with van der Waals surface area (Å²) in [5, 5.41) is 11.7. The monoisotopic (exact) mass is 271 g/mol. The molecular weight excluding hydrogens is 250 g/mol. The first-order valence-corrected chi connectivity index (χ1v) is 6.33. The predicted octanol–water partition coefficient (Wildman–Crippen LogP) is -1.01. The lowest BCUT2D eigenvalue weighted by atomic mass is 9.97. The van der Waals surface area contributed by atoms with Crippen molar-refractivity contribution in [2.45, 2.75) is 12.8 Å². The molecule has 2 amide bonds. The second-order valence-corrected chi connectivity index (χ2v) is 4.89. The minimum atomic E-state index is -0.790. The van der Waals surface area contributed by atoms with Crippen LogP contribution in [0.2, 0.25) is 0 Å². The van der Waals surface area contributed by atoms with Crippen molar-refractivity contribution in [2.24, 2.45) is 5.92 Å². The van der Waals surface area contributed by atoms with E-state index in [9.17, 15) is 14.4 Å². The quantitative estimate of drug-likeness (QED) is 0.668. The molecule has 1 aliphatic heterocycles. The fourth-order valence-corrected chi connectivity index (χ4v) is 1.92. The summed E-state index contributed by atoms with van der Waals surface area (Å²) < 4.78 is 0. The predicted molar refractivity (Wildman–Crippen MR) is 68.5 cm³/mol. The van der Waals surface area contributed by atoms with E-state index < -0.39 is 5.97 Å². The Labute approximate surface area is 112 Å². The fraction of sp³-hybridized carbons (Fsp3) is 0.750. The van der Waals surface area contributed by atoms with Crippen molar-refractivity contribution >= 4 is 17.8 Å². The Morgan fingerprint density at radius 1 is 1.21 bits per heavy atom. The number of aliphatic carboxylic acids is 1. The van der Waals surface area contributed by atoms with E-state index in [1.807, 2.05) is 0 Å². The van der Waals surface area contributed by atoms with Crippen LogP contribution < -0.4 is 5.32 Å². The maximum atomic E-state index is 11.8. The van der Waals surface area contributed by atoms with Crippen molar-refractivity contribution in [3.63, 3.8) is 0 Å². The number of rotatable bonds is 5. The zero-order valence-electron chi connectivity index (χ0n) is 11.4. The van der Waals surface area contributed by atoms with Crippen LogP contribution in [0.3, 0.4) is 0 Å². The zero-order chi connectivity index (χ0) is 14.4. The average molecular weight is 271 g/mol. The molecule has 0 atom stereocenters. The van der Waals surface area contributed by atoms with Crippen molar-refractivity contribution in [3.05, 3.63) is 0 Å². The van der Waals surface area contributed by atoms with Gasteiger partial charge in [-0.1, -0.05) is 0 Å². The highest BCUT2D eigenvalue weighted by Gasteiger charge is 2.26. The van der Waals surface area contributed by atoms with Gasteiger partial charge in [0.2, 0.25) is 11.8 Å². The number of nitrogens with one attached hydrogen (secondary N) is 1. The van der Waals surface area contributed by atoms with Gasteiger partial charge in [-0.05, 0) is 12.8 Å². The SMILES string of the molecule is CN(C)C(=O)CNCC(=O)N1CCC(C(=O)O)CC1. The zero-order valence-corrected chi connectivity index (χ0v) is 11.4. The Morgan fingerprint density at radius 2 is 1.79 bits per heavy atom. The van der Waals surface area contributed by atoms with Gasteiger partial charge in [-0.25, -0.2) is 0 Å². The molecule has 1 heterocycles. The minimum absolute atomic E-state index is 0.0858. The van der Waals surface area contributed by atoms with Crippen LogP contribution in [0.5, 0.6) is 0 Å². The standard InChI is InChI=1S/C12H21N3O4/c1-14(2)10(16)7-13-8-11(17)15-5-3-9(4-6-15)12(18)19/h9,13H,3-8H2,1-2H3,(H,18,19). The van der Waals surface area contributed by atoms with Crippen LogP contribution in [-0.4, -0.2) is 73.0 Å². The number of carboxylic acids is 1. The number of likely N-dealkylation sites (N-methyl/N-ethyl adjacent to an activating group) is 1. The molecule has 0 aliphatic carbocycles. The van der Waals surface area contributed by atoms with E-state index in [1.165, 1.54) is 4.90 Å². The van der Waals surface area contributed by atoms with Gasteiger partial charge in [0.15, 0.2) is 0 Å². The Hall–Kier alpha value is -1.63. The number of carboxylic acid groups (broad SMARTS) is 1. The lowest BCUT2D eigenvalue weighted by Gasteiger charge is -2.30. The van der Waals surface area contributed by atoms with Crippen LogP contribution in [0, 0.1) is 5.92 Å². The fourth-order valence-electron chi connectivity index (χ4n) is 1.92. The number of piperidine rings is 1. The molecular formula is C12H21N3O4. The van der Waals surface area contributed by atoms with Crippen LogP contribution in [0.25, 0.3) is 0 Å². The van der Waals surface area contributed by atoms with Gasteiger partial charge >= 0.3 is 5.97 Å². The molecule has 108 valence electrons. The molecule has 1 rings (SSSR count). The lowest BCUT2D eigenvalue weighted by Crippen LogP contribution is -2.45. The van der Waals surface area contributed by atoms with E-state index in [2.05, 4.69) is 5.32 Å². The Bertz CT molecular complexity index is 349. The number of nitrogens with zero attached hydrogens (tertiary/aromatic N) is 2. The van der Waals surface area contributed by atoms with Crippen LogP contribution in [0.15, 0.2) is 0 Å². The van der Waals surface area contributed by atoms with Gasteiger partial charge in [-0.15, -0.1) is 0 Å². The van der Waals surface area contributed by atoms with Gasteiger partial charge in [0.1, 0.15) is 0 Å². The molecule has 0 bridgehead atoms. The summed E-state index contributed by atoms with van der Waals surface area (Å²) in [7, 11) is 3.31. The van der Waals surface area contributed by atoms with Gasteiger partial charge in [0, 0.05) is 27.2 Å². The summed E-state index contributed by atoms with van der Waals surface area (Å²) >= 11 is 0. The van der Waals surface area contributed by atoms with Crippen LogP contribution >= 0.6 is 0 Å².